The van der Waals surface area contributed by atoms with Gasteiger partial charge >= 0.3 is 0 Å². The Labute approximate surface area is 169 Å². The number of nitrogens with zero attached hydrogens (tertiary/aromatic N) is 1. The largest absolute Gasteiger partial charge is 0.353 e. The summed E-state index contributed by atoms with van der Waals surface area (Å²) < 4.78 is 0. The van der Waals surface area contributed by atoms with Crippen LogP contribution in [0.4, 0.5) is 0 Å². The summed E-state index contributed by atoms with van der Waals surface area (Å²) in [5, 5.41) is 0. The summed E-state index contributed by atoms with van der Waals surface area (Å²) >= 11 is 0. The Morgan fingerprint density at radius 1 is 1.11 bits per heavy atom. The maximum atomic E-state index is 12.6. The topological polar surface area (TPSA) is 37.4 Å². The molecule has 158 valence electrons. The molecule has 3 atom stereocenters. The lowest BCUT2D eigenvalue weighted by Crippen LogP contribution is -2.28. The number of Topliss-reactive ketones (excluding diaryl/α,β-unsaturated/α-hetero) is 2. The number of carbonyl (C=O) groups excluding carboxylic acids is 2. The quantitative estimate of drug-likeness (QED) is 0.489. The third-order valence-electron chi connectivity index (χ3n) is 5.72. The first-order valence-electron chi connectivity index (χ1n) is 11.0. The number of ketones is 2. The highest BCUT2D eigenvalue weighted by atomic mass is 16.1. The molecule has 0 aromatic rings. The van der Waals surface area contributed by atoms with Crippen molar-refractivity contribution < 1.29 is 11.0 Å². The van der Waals surface area contributed by atoms with Crippen LogP contribution in [0.1, 0.15) is 93.8 Å². The predicted octanol–water partition coefficient (Wildman–Crippen LogP) is 6.79. The van der Waals surface area contributed by atoms with E-state index in [0.717, 1.165) is 49.9 Å². The van der Waals surface area contributed by atoms with E-state index in [4.69, 9.17) is 0 Å². The van der Waals surface area contributed by atoms with Crippen LogP contribution < -0.4 is 0 Å². The number of allylic oxidation sites excluding steroid dienone is 2. The molecular weight excluding hydrogens is 334 g/mol. The first-order chi connectivity index (χ1) is 12.9. The van der Waals surface area contributed by atoms with Crippen LogP contribution in [-0.4, -0.2) is 23.5 Å². The fraction of sp³-hybridized carbons (Fsp3) is 0.750. The van der Waals surface area contributed by atoms with Crippen molar-refractivity contribution in [1.29, 1.82) is 0 Å². The van der Waals surface area contributed by atoms with E-state index >= 15 is 0 Å². The Balaban J connectivity index is 0. The molecule has 0 aliphatic heterocycles. The highest BCUT2D eigenvalue weighted by Gasteiger charge is 2.35. The summed E-state index contributed by atoms with van der Waals surface area (Å²) in [6.07, 6.45) is 8.36. The first-order valence-corrected chi connectivity index (χ1v) is 11.0. The van der Waals surface area contributed by atoms with Gasteiger partial charge in [-0.1, -0.05) is 53.7 Å². The van der Waals surface area contributed by atoms with Crippen molar-refractivity contribution in [1.82, 2.24) is 4.90 Å². The molecule has 0 aromatic heterocycles. The van der Waals surface area contributed by atoms with E-state index in [1.165, 1.54) is 6.42 Å². The summed E-state index contributed by atoms with van der Waals surface area (Å²) in [4.78, 5) is 26.1. The van der Waals surface area contributed by atoms with Gasteiger partial charge in [-0.25, -0.2) is 0 Å². The summed E-state index contributed by atoms with van der Waals surface area (Å²) in [5.74, 6) is 1.48. The van der Waals surface area contributed by atoms with Gasteiger partial charge in [0.2, 0.25) is 0 Å². The van der Waals surface area contributed by atoms with Gasteiger partial charge in [0, 0.05) is 44.5 Å². The lowest BCUT2D eigenvalue weighted by atomic mass is 9.75. The second-order valence-electron chi connectivity index (χ2n) is 7.51. The van der Waals surface area contributed by atoms with E-state index < -0.39 is 0 Å². The Bertz CT molecular complexity index is 501. The zero-order valence-corrected chi connectivity index (χ0v) is 18.8. The zero-order chi connectivity index (χ0) is 21.0. The molecule has 0 radical (unpaired) electrons. The van der Waals surface area contributed by atoms with Gasteiger partial charge < -0.3 is 4.90 Å². The minimum Gasteiger partial charge on any atom is -0.353 e. The molecule has 3 nitrogen and oxygen atoms in total. The first kappa shape index (κ1) is 25.6. The van der Waals surface area contributed by atoms with Crippen molar-refractivity contribution >= 4 is 11.6 Å². The number of rotatable bonds is 7. The lowest BCUT2D eigenvalue weighted by molar-refractivity contribution is -0.129. The molecule has 0 amide bonds. The fourth-order valence-electron chi connectivity index (χ4n) is 4.01. The van der Waals surface area contributed by atoms with Gasteiger partial charge in [0.1, 0.15) is 11.6 Å². The smallest absolute Gasteiger partial charge is 0.139 e. The average Bonchev–Trinajstić information content (AvgIpc) is 3.14. The molecule has 0 spiro atoms. The highest BCUT2D eigenvalue weighted by molar-refractivity contribution is 5.92. The van der Waals surface area contributed by atoms with Gasteiger partial charge in [0.25, 0.3) is 0 Å². The third-order valence-corrected chi connectivity index (χ3v) is 5.72. The van der Waals surface area contributed by atoms with Crippen molar-refractivity contribution in [2.24, 2.45) is 17.8 Å². The van der Waals surface area contributed by atoms with Gasteiger partial charge in [-0.2, -0.15) is 0 Å². The monoisotopic (exact) mass is 379 g/mol. The molecule has 0 saturated heterocycles. The van der Waals surface area contributed by atoms with E-state index in [1.54, 1.807) is 0 Å². The molecule has 2 rings (SSSR count). The summed E-state index contributed by atoms with van der Waals surface area (Å²) in [7, 11) is 2.01. The van der Waals surface area contributed by atoms with E-state index in [0.29, 0.717) is 24.5 Å². The molecule has 2 fully saturated rings. The minimum absolute atomic E-state index is 0. The minimum atomic E-state index is 0. The van der Waals surface area contributed by atoms with Crippen LogP contribution in [0.5, 0.6) is 0 Å². The molecule has 2 aliphatic carbocycles. The zero-order valence-electron chi connectivity index (χ0n) is 18.8. The van der Waals surface area contributed by atoms with Gasteiger partial charge in [-0.15, -0.1) is 0 Å². The molecule has 3 heteroatoms. The fourth-order valence-corrected chi connectivity index (χ4v) is 4.01. The van der Waals surface area contributed by atoms with Crippen LogP contribution in [0.3, 0.4) is 0 Å². The number of carbonyl (C=O) groups is 2. The van der Waals surface area contributed by atoms with Crippen LogP contribution in [0.25, 0.3) is 0 Å². The van der Waals surface area contributed by atoms with Crippen LogP contribution in [-0.2, 0) is 9.59 Å². The van der Waals surface area contributed by atoms with Gasteiger partial charge in [0.15, 0.2) is 0 Å². The van der Waals surface area contributed by atoms with E-state index in [9.17, 15) is 9.59 Å². The molecule has 2 saturated carbocycles. The van der Waals surface area contributed by atoms with Crippen molar-refractivity contribution in [3.63, 3.8) is 0 Å². The lowest BCUT2D eigenvalue weighted by Gasteiger charge is -2.30. The molecule has 3 unspecified atom stereocenters. The average molecular weight is 380 g/mol. The van der Waals surface area contributed by atoms with Crippen LogP contribution in [0.2, 0.25) is 0 Å². The van der Waals surface area contributed by atoms with Crippen molar-refractivity contribution in [3.05, 3.63) is 24.6 Å². The van der Waals surface area contributed by atoms with Crippen molar-refractivity contribution in [3.8, 4) is 0 Å². The normalized spacial score (nSPS) is 24.1. The number of hydrogen-bond acceptors (Lipinski definition) is 3. The van der Waals surface area contributed by atoms with Crippen LogP contribution in [0.15, 0.2) is 24.6 Å². The second-order valence-corrected chi connectivity index (χ2v) is 7.51. The molecule has 0 bridgehead atoms. The second kappa shape index (κ2) is 13.7. The van der Waals surface area contributed by atoms with E-state index in [2.05, 4.69) is 18.1 Å². The molecule has 27 heavy (non-hydrogen) atoms. The number of hydrogen-bond donors (Lipinski definition) is 0. The molecular formula is C24H45NO2. The molecule has 2 aliphatic rings. The van der Waals surface area contributed by atoms with Gasteiger partial charge in [-0.3, -0.25) is 9.59 Å². The van der Waals surface area contributed by atoms with Crippen LogP contribution >= 0.6 is 0 Å². The standard InChI is InChI=1S/C20H31NO2.2C2H6.H2/c1-14(2)21(4)15(3)8-9-16-6-5-7-17(12-16)20(23)18-10-11-19(22)13-18;2*1-2;/h16-18H,1,3,5-13H2,2,4H3;2*1-2H3;1H. The van der Waals surface area contributed by atoms with Gasteiger partial charge in [-0.05, 0) is 44.9 Å². The summed E-state index contributed by atoms with van der Waals surface area (Å²) in [5.41, 5.74) is 2.12. The predicted molar refractivity (Wildman–Crippen MR) is 119 cm³/mol. The van der Waals surface area contributed by atoms with Crippen molar-refractivity contribution in [2.75, 3.05) is 7.05 Å². The Kier molecular flexibility index (Phi) is 13.0. The molecule has 0 N–H and O–H groups in total. The summed E-state index contributed by atoms with van der Waals surface area (Å²) in [6, 6.07) is 0. The van der Waals surface area contributed by atoms with E-state index in [-0.39, 0.29) is 19.0 Å². The molecule has 0 heterocycles. The SMILES string of the molecule is C=C(C)N(C)C(=C)CCC1CCCC(C(=O)C2CCC(=O)C2)C1.CC.CC.[HH]. The molecule has 0 aromatic carbocycles. The maximum absolute atomic E-state index is 12.6. The van der Waals surface area contributed by atoms with Gasteiger partial charge in [0.05, 0.1) is 0 Å². The Hall–Kier alpha value is -1.38. The maximum Gasteiger partial charge on any atom is 0.139 e. The van der Waals surface area contributed by atoms with E-state index in [1.807, 2.05) is 41.7 Å². The Morgan fingerprint density at radius 2 is 1.74 bits per heavy atom. The summed E-state index contributed by atoms with van der Waals surface area (Å²) in [6.45, 7) is 18.1. The third kappa shape index (κ3) is 8.45. The van der Waals surface area contributed by atoms with Crippen molar-refractivity contribution in [2.45, 2.75) is 92.4 Å². The Morgan fingerprint density at radius 3 is 2.26 bits per heavy atom. The van der Waals surface area contributed by atoms with Crippen LogP contribution in [0, 0.1) is 17.8 Å². The highest BCUT2D eigenvalue weighted by Crippen LogP contribution is 2.37.